The highest BCUT2D eigenvalue weighted by Gasteiger charge is 2.18. The Morgan fingerprint density at radius 3 is 2.78 bits per heavy atom. The number of rotatable bonds is 4. The van der Waals surface area contributed by atoms with Crippen molar-refractivity contribution >= 4 is 21.8 Å². The summed E-state index contributed by atoms with van der Waals surface area (Å²) in [6.07, 6.45) is 0. The molecule has 0 fully saturated rings. The van der Waals surface area contributed by atoms with E-state index in [1.807, 2.05) is 39.0 Å². The summed E-state index contributed by atoms with van der Waals surface area (Å²) in [4.78, 5) is 14.1. The fraction of sp³-hybridized carbons (Fsp3) is 0.429. The van der Waals surface area contributed by atoms with E-state index in [-0.39, 0.29) is 11.8 Å². The first-order valence-corrected chi connectivity index (χ1v) is 6.74. The van der Waals surface area contributed by atoms with Gasteiger partial charge < -0.3 is 4.90 Å². The molecule has 0 N–H and O–H groups in total. The standard InChI is InChI=1S/C14H17BrN2O/c1-4-17(9-10(2)8-16)14(18)12-6-5-7-13(15)11(12)3/h5-7,10H,4,9H2,1-3H3. The fourth-order valence-corrected chi connectivity index (χ4v) is 2.10. The largest absolute Gasteiger partial charge is 0.338 e. The van der Waals surface area contributed by atoms with Crippen molar-refractivity contribution < 1.29 is 4.79 Å². The molecule has 1 amide bonds. The van der Waals surface area contributed by atoms with Crippen LogP contribution in [0.15, 0.2) is 22.7 Å². The summed E-state index contributed by atoms with van der Waals surface area (Å²) >= 11 is 3.43. The second-order valence-electron chi connectivity index (χ2n) is 4.29. The SMILES string of the molecule is CCN(CC(C)C#N)C(=O)c1cccc(Br)c1C. The van der Waals surface area contributed by atoms with E-state index in [9.17, 15) is 4.79 Å². The molecule has 96 valence electrons. The lowest BCUT2D eigenvalue weighted by Crippen LogP contribution is -2.34. The first-order chi connectivity index (χ1) is 8.51. The second-order valence-corrected chi connectivity index (χ2v) is 5.14. The molecule has 0 aromatic heterocycles. The molecule has 0 aliphatic rings. The molecule has 4 heteroatoms. The van der Waals surface area contributed by atoms with Crippen LogP contribution in [0, 0.1) is 24.2 Å². The van der Waals surface area contributed by atoms with E-state index in [1.165, 1.54) is 0 Å². The number of amides is 1. The number of hydrogen-bond donors (Lipinski definition) is 0. The minimum Gasteiger partial charge on any atom is -0.338 e. The topological polar surface area (TPSA) is 44.1 Å². The van der Waals surface area contributed by atoms with Gasteiger partial charge in [0.25, 0.3) is 5.91 Å². The summed E-state index contributed by atoms with van der Waals surface area (Å²) < 4.78 is 0.928. The van der Waals surface area contributed by atoms with E-state index in [0.717, 1.165) is 10.0 Å². The van der Waals surface area contributed by atoms with Gasteiger partial charge in [-0.25, -0.2) is 0 Å². The maximum Gasteiger partial charge on any atom is 0.254 e. The summed E-state index contributed by atoms with van der Waals surface area (Å²) in [5.41, 5.74) is 1.63. The Bertz CT molecular complexity index is 479. The highest BCUT2D eigenvalue weighted by Crippen LogP contribution is 2.21. The highest BCUT2D eigenvalue weighted by molar-refractivity contribution is 9.10. The lowest BCUT2D eigenvalue weighted by molar-refractivity contribution is 0.0752. The average Bonchev–Trinajstić information content (AvgIpc) is 2.38. The Morgan fingerprint density at radius 2 is 2.22 bits per heavy atom. The number of hydrogen-bond acceptors (Lipinski definition) is 2. The molecule has 0 bridgehead atoms. The van der Waals surface area contributed by atoms with Crippen LogP contribution < -0.4 is 0 Å². The van der Waals surface area contributed by atoms with Crippen molar-refractivity contribution in [1.29, 1.82) is 5.26 Å². The molecule has 3 nitrogen and oxygen atoms in total. The van der Waals surface area contributed by atoms with E-state index in [0.29, 0.717) is 18.7 Å². The van der Waals surface area contributed by atoms with Gasteiger partial charge in [0.2, 0.25) is 0 Å². The third-order valence-corrected chi connectivity index (χ3v) is 3.74. The van der Waals surface area contributed by atoms with Crippen LogP contribution in [0.5, 0.6) is 0 Å². The molecule has 0 spiro atoms. The van der Waals surface area contributed by atoms with Gasteiger partial charge in [0, 0.05) is 23.1 Å². The molecule has 0 saturated carbocycles. The third-order valence-electron chi connectivity index (χ3n) is 2.88. The molecule has 0 saturated heterocycles. The van der Waals surface area contributed by atoms with Crippen molar-refractivity contribution in [3.8, 4) is 6.07 Å². The van der Waals surface area contributed by atoms with E-state index < -0.39 is 0 Å². The van der Waals surface area contributed by atoms with Crippen molar-refractivity contribution in [2.75, 3.05) is 13.1 Å². The monoisotopic (exact) mass is 308 g/mol. The first-order valence-electron chi connectivity index (χ1n) is 5.95. The molecule has 1 aromatic rings. The van der Waals surface area contributed by atoms with Crippen molar-refractivity contribution in [3.05, 3.63) is 33.8 Å². The Labute approximate surface area is 117 Å². The van der Waals surface area contributed by atoms with E-state index in [4.69, 9.17) is 5.26 Å². The van der Waals surface area contributed by atoms with Gasteiger partial charge in [-0.1, -0.05) is 22.0 Å². The van der Waals surface area contributed by atoms with Crippen LogP contribution >= 0.6 is 15.9 Å². The molecule has 1 rings (SSSR count). The van der Waals surface area contributed by atoms with Gasteiger partial charge in [0.15, 0.2) is 0 Å². The van der Waals surface area contributed by atoms with E-state index >= 15 is 0 Å². The van der Waals surface area contributed by atoms with Crippen LogP contribution in [0.1, 0.15) is 29.8 Å². The smallest absolute Gasteiger partial charge is 0.254 e. The van der Waals surface area contributed by atoms with E-state index in [2.05, 4.69) is 22.0 Å². The maximum absolute atomic E-state index is 12.4. The number of nitrogens with zero attached hydrogens (tertiary/aromatic N) is 2. The lowest BCUT2D eigenvalue weighted by atomic mass is 10.1. The quantitative estimate of drug-likeness (QED) is 0.856. The number of halogens is 1. The summed E-state index contributed by atoms with van der Waals surface area (Å²) in [5.74, 6) is -0.167. The summed E-state index contributed by atoms with van der Waals surface area (Å²) in [6, 6.07) is 7.75. The van der Waals surface area contributed by atoms with Crippen LogP contribution in [-0.4, -0.2) is 23.9 Å². The van der Waals surface area contributed by atoms with Crippen LogP contribution in [0.25, 0.3) is 0 Å². The van der Waals surface area contributed by atoms with Crippen LogP contribution in [0.2, 0.25) is 0 Å². The number of carbonyl (C=O) groups excluding carboxylic acids is 1. The number of nitriles is 1. The zero-order chi connectivity index (χ0) is 13.7. The van der Waals surface area contributed by atoms with Gasteiger partial charge in [-0.2, -0.15) is 5.26 Å². The molecule has 1 unspecified atom stereocenters. The van der Waals surface area contributed by atoms with Gasteiger partial charge in [0.1, 0.15) is 0 Å². The fourth-order valence-electron chi connectivity index (χ4n) is 1.74. The minimum absolute atomic E-state index is 0.0154. The lowest BCUT2D eigenvalue weighted by Gasteiger charge is -2.23. The van der Waals surface area contributed by atoms with Gasteiger partial charge in [-0.05, 0) is 38.5 Å². The van der Waals surface area contributed by atoms with Gasteiger partial charge in [0.05, 0.1) is 12.0 Å². The van der Waals surface area contributed by atoms with Crippen LogP contribution in [0.4, 0.5) is 0 Å². The zero-order valence-electron chi connectivity index (χ0n) is 10.9. The normalized spacial score (nSPS) is 11.7. The molecule has 1 atom stereocenters. The molecular formula is C14H17BrN2O. The molecule has 0 aliphatic heterocycles. The first kappa shape index (κ1) is 14.7. The predicted molar refractivity (Wildman–Crippen MR) is 75.2 cm³/mol. The zero-order valence-corrected chi connectivity index (χ0v) is 12.5. The molecule has 18 heavy (non-hydrogen) atoms. The third kappa shape index (κ3) is 3.33. The van der Waals surface area contributed by atoms with Crippen molar-refractivity contribution in [2.45, 2.75) is 20.8 Å². The Kier molecular flexibility index (Phi) is 5.36. The Morgan fingerprint density at radius 1 is 1.56 bits per heavy atom. The molecular weight excluding hydrogens is 292 g/mol. The summed E-state index contributed by atoms with van der Waals surface area (Å²) in [7, 11) is 0. The Balaban J connectivity index is 2.97. The maximum atomic E-state index is 12.4. The highest BCUT2D eigenvalue weighted by atomic mass is 79.9. The van der Waals surface area contributed by atoms with Crippen LogP contribution in [0.3, 0.4) is 0 Å². The second kappa shape index (κ2) is 6.55. The van der Waals surface area contributed by atoms with Crippen molar-refractivity contribution in [2.24, 2.45) is 5.92 Å². The van der Waals surface area contributed by atoms with Gasteiger partial charge >= 0.3 is 0 Å². The van der Waals surface area contributed by atoms with Crippen LogP contribution in [-0.2, 0) is 0 Å². The average molecular weight is 309 g/mol. The molecule has 1 aromatic carbocycles. The predicted octanol–water partition coefficient (Wildman–Crippen LogP) is 3.38. The number of benzene rings is 1. The van der Waals surface area contributed by atoms with Crippen molar-refractivity contribution in [1.82, 2.24) is 4.90 Å². The molecule has 0 radical (unpaired) electrons. The van der Waals surface area contributed by atoms with Gasteiger partial charge in [-0.15, -0.1) is 0 Å². The van der Waals surface area contributed by atoms with E-state index in [1.54, 1.807) is 4.90 Å². The number of carbonyl (C=O) groups is 1. The van der Waals surface area contributed by atoms with Gasteiger partial charge in [-0.3, -0.25) is 4.79 Å². The Hall–Kier alpha value is -1.34. The van der Waals surface area contributed by atoms with Crippen molar-refractivity contribution in [3.63, 3.8) is 0 Å². The molecule has 0 heterocycles. The summed E-state index contributed by atoms with van der Waals surface area (Å²) in [5, 5.41) is 8.83. The molecule has 0 aliphatic carbocycles. The summed E-state index contributed by atoms with van der Waals surface area (Å²) in [6.45, 7) is 6.74. The minimum atomic E-state index is -0.152.